The normalized spacial score (nSPS) is 13.1. The fourth-order valence-corrected chi connectivity index (χ4v) is 1.71. The Morgan fingerprint density at radius 1 is 0.882 bits per heavy atom. The highest BCUT2D eigenvalue weighted by atomic mass is 32.2. The molecule has 0 aromatic heterocycles. The minimum absolute atomic E-state index is 0.515. The Balaban J connectivity index is 3.50. The second kappa shape index (κ2) is 4.29. The standard InChI is InChI=1S/C10H10F4O2S/c1-9(11,12)6-3-7(10(2,13)14)5-8(4-6)17(15)16/h3-5,17H,1-2H3. The van der Waals surface area contributed by atoms with Crippen molar-refractivity contribution in [1.82, 2.24) is 0 Å². The summed E-state index contributed by atoms with van der Waals surface area (Å²) in [5.41, 5.74) is -1.49. The maximum Gasteiger partial charge on any atom is 0.270 e. The monoisotopic (exact) mass is 270 g/mol. The van der Waals surface area contributed by atoms with Gasteiger partial charge >= 0.3 is 0 Å². The molecule has 1 rings (SSSR count). The second-order valence-electron chi connectivity index (χ2n) is 3.80. The lowest BCUT2D eigenvalue weighted by Crippen LogP contribution is -2.13. The van der Waals surface area contributed by atoms with Crippen LogP contribution in [0, 0.1) is 0 Å². The van der Waals surface area contributed by atoms with Crippen LogP contribution in [0.15, 0.2) is 23.1 Å². The van der Waals surface area contributed by atoms with Crippen LogP contribution in [-0.4, -0.2) is 8.42 Å². The Hall–Kier alpha value is -1.11. The van der Waals surface area contributed by atoms with E-state index in [9.17, 15) is 26.0 Å². The number of benzene rings is 1. The van der Waals surface area contributed by atoms with Crippen molar-refractivity contribution in [2.75, 3.05) is 0 Å². The highest BCUT2D eigenvalue weighted by Crippen LogP contribution is 2.34. The predicted molar refractivity (Wildman–Crippen MR) is 54.2 cm³/mol. The summed E-state index contributed by atoms with van der Waals surface area (Å²) >= 11 is 0. The van der Waals surface area contributed by atoms with Crippen LogP contribution in [0.1, 0.15) is 25.0 Å². The van der Waals surface area contributed by atoms with Crippen LogP contribution < -0.4 is 0 Å². The lowest BCUT2D eigenvalue weighted by atomic mass is 10.0. The predicted octanol–water partition coefficient (Wildman–Crippen LogP) is 2.88. The van der Waals surface area contributed by atoms with Gasteiger partial charge in [-0.15, -0.1) is 0 Å². The Bertz CT molecular complexity index is 458. The number of hydrogen-bond acceptors (Lipinski definition) is 2. The van der Waals surface area contributed by atoms with Crippen molar-refractivity contribution in [3.05, 3.63) is 29.3 Å². The van der Waals surface area contributed by atoms with Gasteiger partial charge in [0.2, 0.25) is 0 Å². The van der Waals surface area contributed by atoms with Gasteiger partial charge in [0, 0.05) is 25.0 Å². The molecular formula is C10H10F4O2S. The number of thiol groups is 1. The van der Waals surface area contributed by atoms with E-state index in [-0.39, 0.29) is 0 Å². The zero-order chi connectivity index (χ0) is 13.4. The molecule has 0 aliphatic rings. The molecule has 0 aliphatic carbocycles. The molecule has 0 radical (unpaired) electrons. The number of alkyl halides is 4. The van der Waals surface area contributed by atoms with Crippen LogP contribution in [0.4, 0.5) is 17.6 Å². The smallest absolute Gasteiger partial charge is 0.227 e. The van der Waals surface area contributed by atoms with Crippen molar-refractivity contribution in [3.63, 3.8) is 0 Å². The Labute approximate surface area is 97.2 Å². The summed E-state index contributed by atoms with van der Waals surface area (Å²) in [6.45, 7) is 1.03. The first-order chi connectivity index (χ1) is 7.51. The summed E-state index contributed by atoms with van der Waals surface area (Å²) < 4.78 is 73.5. The first-order valence-electron chi connectivity index (χ1n) is 4.58. The SMILES string of the molecule is CC(F)(F)c1cc([SH](=O)=O)cc(C(C)(F)F)c1. The van der Waals surface area contributed by atoms with Gasteiger partial charge in [0.1, 0.15) is 0 Å². The van der Waals surface area contributed by atoms with E-state index in [1.54, 1.807) is 0 Å². The molecule has 0 unspecified atom stereocenters. The maximum absolute atomic E-state index is 13.0. The minimum Gasteiger partial charge on any atom is -0.227 e. The molecule has 7 heteroatoms. The number of halogens is 4. The topological polar surface area (TPSA) is 34.1 Å². The van der Waals surface area contributed by atoms with E-state index in [4.69, 9.17) is 0 Å². The zero-order valence-corrected chi connectivity index (χ0v) is 9.90. The molecule has 0 aliphatic heterocycles. The molecule has 2 nitrogen and oxygen atoms in total. The van der Waals surface area contributed by atoms with E-state index in [1.807, 2.05) is 0 Å². The molecule has 96 valence electrons. The third kappa shape index (κ3) is 3.42. The highest BCUT2D eigenvalue weighted by Gasteiger charge is 2.31. The van der Waals surface area contributed by atoms with Gasteiger partial charge in [0.25, 0.3) is 11.8 Å². The van der Waals surface area contributed by atoms with Crippen LogP contribution in [0.25, 0.3) is 0 Å². The van der Waals surface area contributed by atoms with E-state index in [2.05, 4.69) is 0 Å². The fraction of sp³-hybridized carbons (Fsp3) is 0.400. The summed E-state index contributed by atoms with van der Waals surface area (Å²) in [4.78, 5) is -0.546. The van der Waals surface area contributed by atoms with E-state index < -0.39 is 38.6 Å². The Kier molecular flexibility index (Phi) is 3.52. The van der Waals surface area contributed by atoms with Gasteiger partial charge in [-0.2, -0.15) is 0 Å². The van der Waals surface area contributed by atoms with Crippen molar-refractivity contribution >= 4 is 10.7 Å². The van der Waals surface area contributed by atoms with Gasteiger partial charge in [-0.05, 0) is 18.2 Å². The average Bonchev–Trinajstić information content (AvgIpc) is 2.14. The van der Waals surface area contributed by atoms with E-state index >= 15 is 0 Å². The van der Waals surface area contributed by atoms with Gasteiger partial charge in [-0.1, -0.05) is 0 Å². The molecule has 17 heavy (non-hydrogen) atoms. The van der Waals surface area contributed by atoms with Gasteiger partial charge in [-0.3, -0.25) is 0 Å². The van der Waals surface area contributed by atoms with E-state index in [1.165, 1.54) is 0 Å². The number of rotatable bonds is 3. The van der Waals surface area contributed by atoms with E-state index in [0.717, 1.165) is 0 Å². The lowest BCUT2D eigenvalue weighted by Gasteiger charge is -2.16. The average molecular weight is 270 g/mol. The summed E-state index contributed by atoms with van der Waals surface area (Å²) in [6, 6.07) is 2.00. The van der Waals surface area contributed by atoms with Crippen molar-refractivity contribution in [1.29, 1.82) is 0 Å². The number of hydrogen-bond donors (Lipinski definition) is 1. The molecular weight excluding hydrogens is 260 g/mol. The zero-order valence-electron chi connectivity index (χ0n) is 9.01. The summed E-state index contributed by atoms with van der Waals surface area (Å²) in [5, 5.41) is 0. The first kappa shape index (κ1) is 14.0. The molecule has 0 bridgehead atoms. The van der Waals surface area contributed by atoms with Gasteiger partial charge in [0.15, 0.2) is 10.7 Å². The van der Waals surface area contributed by atoms with Gasteiger partial charge < -0.3 is 0 Å². The fourth-order valence-electron chi connectivity index (χ4n) is 1.22. The van der Waals surface area contributed by atoms with Crippen LogP contribution in [0.5, 0.6) is 0 Å². The summed E-state index contributed by atoms with van der Waals surface area (Å²) in [7, 11) is -3.19. The van der Waals surface area contributed by atoms with Crippen LogP contribution >= 0.6 is 0 Å². The van der Waals surface area contributed by atoms with Gasteiger partial charge in [0.05, 0.1) is 4.90 Å². The van der Waals surface area contributed by atoms with Crippen molar-refractivity contribution in [2.45, 2.75) is 30.6 Å². The van der Waals surface area contributed by atoms with Crippen molar-refractivity contribution in [2.24, 2.45) is 0 Å². The quantitative estimate of drug-likeness (QED) is 0.677. The van der Waals surface area contributed by atoms with Crippen LogP contribution in [0.3, 0.4) is 0 Å². The Morgan fingerprint density at radius 2 is 1.24 bits per heavy atom. The van der Waals surface area contributed by atoms with Crippen LogP contribution in [0.2, 0.25) is 0 Å². The molecule has 0 saturated carbocycles. The molecule has 0 saturated heterocycles. The lowest BCUT2D eigenvalue weighted by molar-refractivity contribution is 0.0101. The molecule has 0 fully saturated rings. The molecule has 0 spiro atoms. The molecule has 0 amide bonds. The maximum atomic E-state index is 13.0. The summed E-state index contributed by atoms with van der Waals surface area (Å²) in [5.74, 6) is -6.75. The molecule has 1 aromatic rings. The van der Waals surface area contributed by atoms with Gasteiger partial charge in [-0.25, -0.2) is 26.0 Å². The third-order valence-corrected chi connectivity index (χ3v) is 2.82. The molecule has 0 heterocycles. The molecule has 0 N–H and O–H groups in total. The van der Waals surface area contributed by atoms with E-state index in [0.29, 0.717) is 32.0 Å². The second-order valence-corrected chi connectivity index (χ2v) is 4.83. The molecule has 1 aromatic carbocycles. The highest BCUT2D eigenvalue weighted by molar-refractivity contribution is 7.72. The first-order valence-corrected chi connectivity index (χ1v) is 5.75. The van der Waals surface area contributed by atoms with Crippen molar-refractivity contribution < 1.29 is 26.0 Å². The largest absolute Gasteiger partial charge is 0.270 e. The van der Waals surface area contributed by atoms with Crippen LogP contribution in [-0.2, 0) is 22.5 Å². The Morgan fingerprint density at radius 3 is 1.47 bits per heavy atom. The third-order valence-electron chi connectivity index (χ3n) is 2.14. The molecule has 0 atom stereocenters. The van der Waals surface area contributed by atoms with Crippen molar-refractivity contribution in [3.8, 4) is 0 Å². The minimum atomic E-state index is -3.37. The summed E-state index contributed by atoms with van der Waals surface area (Å²) in [6.07, 6.45) is 0.